The quantitative estimate of drug-likeness (QED) is 0.440. The number of ether oxygens (including phenoxy) is 2. The summed E-state index contributed by atoms with van der Waals surface area (Å²) in [6.07, 6.45) is 1.36. The predicted molar refractivity (Wildman–Crippen MR) is 66.7 cm³/mol. The Morgan fingerprint density at radius 2 is 2.05 bits per heavy atom. The topological polar surface area (TPSA) is 98.9 Å². The molecule has 1 aromatic rings. The number of carboxylic acid groups (broad SMARTS) is 1. The zero-order chi connectivity index (χ0) is 14.3. The van der Waals surface area contributed by atoms with E-state index < -0.39 is 10.9 Å². The molecule has 1 aromatic carbocycles. The first kappa shape index (κ1) is 14.9. The zero-order valence-electron chi connectivity index (χ0n) is 10.5. The van der Waals surface area contributed by atoms with Crippen LogP contribution in [0.25, 0.3) is 0 Å². The summed E-state index contributed by atoms with van der Waals surface area (Å²) in [6.45, 7) is 0.764. The minimum Gasteiger partial charge on any atom is -0.486 e. The minimum atomic E-state index is -1.25. The van der Waals surface area contributed by atoms with Crippen molar-refractivity contribution in [1.29, 1.82) is 0 Å². The van der Waals surface area contributed by atoms with E-state index in [4.69, 9.17) is 14.6 Å². The molecule has 0 fully saturated rings. The van der Waals surface area contributed by atoms with Crippen molar-refractivity contribution in [3.63, 3.8) is 0 Å². The summed E-state index contributed by atoms with van der Waals surface area (Å²) in [7, 11) is 1.57. The fourth-order valence-electron chi connectivity index (χ4n) is 1.51. The largest absolute Gasteiger partial charge is 0.486 e. The molecule has 0 aliphatic carbocycles. The Bertz CT molecular complexity index is 427. The van der Waals surface area contributed by atoms with Crippen LogP contribution in [-0.2, 0) is 4.74 Å². The molecule has 7 nitrogen and oxygen atoms in total. The lowest BCUT2D eigenvalue weighted by molar-refractivity contribution is -0.385. The van der Waals surface area contributed by atoms with Crippen LogP contribution >= 0.6 is 0 Å². The van der Waals surface area contributed by atoms with E-state index in [0.717, 1.165) is 6.42 Å². The number of nitro groups is 1. The van der Waals surface area contributed by atoms with Crippen molar-refractivity contribution in [3.05, 3.63) is 33.9 Å². The van der Waals surface area contributed by atoms with Crippen molar-refractivity contribution in [2.45, 2.75) is 12.8 Å². The summed E-state index contributed by atoms with van der Waals surface area (Å²) in [6, 6.07) is 3.82. The van der Waals surface area contributed by atoms with Crippen molar-refractivity contribution in [2.75, 3.05) is 20.3 Å². The molecule has 0 heterocycles. The average molecular weight is 269 g/mol. The Morgan fingerprint density at radius 1 is 1.37 bits per heavy atom. The summed E-state index contributed by atoms with van der Waals surface area (Å²) < 4.78 is 10.1. The van der Waals surface area contributed by atoms with Gasteiger partial charge in [-0.25, -0.2) is 4.79 Å². The Balaban J connectivity index is 2.83. The summed E-state index contributed by atoms with van der Waals surface area (Å²) in [4.78, 5) is 21.2. The molecule has 1 rings (SSSR count). The van der Waals surface area contributed by atoms with Gasteiger partial charge in [-0.05, 0) is 18.9 Å². The monoisotopic (exact) mass is 269 g/mol. The molecule has 0 spiro atoms. The molecule has 0 bridgehead atoms. The molecule has 0 saturated heterocycles. The number of aromatic carboxylic acids is 1. The SMILES string of the molecule is COCCCCOc1c(C(=O)O)cccc1[N+](=O)[O-]. The van der Waals surface area contributed by atoms with E-state index in [9.17, 15) is 14.9 Å². The number of para-hydroxylation sites is 1. The highest BCUT2D eigenvalue weighted by atomic mass is 16.6. The molecule has 0 amide bonds. The van der Waals surface area contributed by atoms with Gasteiger partial charge in [0.1, 0.15) is 5.56 Å². The molecule has 0 aromatic heterocycles. The van der Waals surface area contributed by atoms with Gasteiger partial charge in [0.25, 0.3) is 0 Å². The van der Waals surface area contributed by atoms with Gasteiger partial charge >= 0.3 is 11.7 Å². The van der Waals surface area contributed by atoms with Gasteiger partial charge in [-0.2, -0.15) is 0 Å². The van der Waals surface area contributed by atoms with Crippen molar-refractivity contribution in [1.82, 2.24) is 0 Å². The third-order valence-electron chi connectivity index (χ3n) is 2.41. The Kier molecular flexibility index (Phi) is 5.74. The Labute approximate surface area is 109 Å². The van der Waals surface area contributed by atoms with Crippen molar-refractivity contribution in [2.24, 2.45) is 0 Å². The minimum absolute atomic E-state index is 0.197. The lowest BCUT2D eigenvalue weighted by Gasteiger charge is -2.09. The fourth-order valence-corrected chi connectivity index (χ4v) is 1.51. The smallest absolute Gasteiger partial charge is 0.339 e. The number of nitro benzene ring substituents is 1. The van der Waals surface area contributed by atoms with Gasteiger partial charge in [-0.3, -0.25) is 10.1 Å². The van der Waals surface area contributed by atoms with Crippen molar-refractivity contribution in [3.8, 4) is 5.75 Å². The number of hydrogen-bond donors (Lipinski definition) is 1. The summed E-state index contributed by atoms with van der Waals surface area (Å²) >= 11 is 0. The van der Waals surface area contributed by atoms with Crippen LogP contribution in [0.5, 0.6) is 5.75 Å². The van der Waals surface area contributed by atoms with E-state index >= 15 is 0 Å². The molecule has 0 atom stereocenters. The first-order valence-corrected chi connectivity index (χ1v) is 5.70. The molecule has 19 heavy (non-hydrogen) atoms. The number of rotatable bonds is 8. The molecule has 0 radical (unpaired) electrons. The first-order valence-electron chi connectivity index (χ1n) is 5.70. The molecule has 0 saturated carbocycles. The average Bonchev–Trinajstić information content (AvgIpc) is 2.38. The zero-order valence-corrected chi connectivity index (χ0v) is 10.5. The second-order valence-electron chi connectivity index (χ2n) is 3.76. The lowest BCUT2D eigenvalue weighted by atomic mass is 10.1. The molecule has 0 aliphatic heterocycles. The van der Waals surface area contributed by atoms with Crippen LogP contribution in [0.4, 0.5) is 5.69 Å². The molecular weight excluding hydrogens is 254 g/mol. The number of unbranched alkanes of at least 4 members (excludes halogenated alkanes) is 1. The van der Waals surface area contributed by atoms with E-state index in [0.29, 0.717) is 13.0 Å². The van der Waals surface area contributed by atoms with Gasteiger partial charge in [0.05, 0.1) is 11.5 Å². The van der Waals surface area contributed by atoms with Crippen LogP contribution < -0.4 is 4.74 Å². The maximum Gasteiger partial charge on any atom is 0.339 e. The Hall–Kier alpha value is -2.15. The van der Waals surface area contributed by atoms with Crippen LogP contribution in [0.15, 0.2) is 18.2 Å². The summed E-state index contributed by atoms with van der Waals surface area (Å²) in [5.41, 5.74) is -0.549. The molecule has 1 N–H and O–H groups in total. The van der Waals surface area contributed by atoms with Gasteiger partial charge < -0.3 is 14.6 Å². The number of hydrogen-bond acceptors (Lipinski definition) is 5. The van der Waals surface area contributed by atoms with Crippen LogP contribution in [0, 0.1) is 10.1 Å². The van der Waals surface area contributed by atoms with Crippen LogP contribution in [-0.4, -0.2) is 36.3 Å². The van der Waals surface area contributed by atoms with Crippen LogP contribution in [0.3, 0.4) is 0 Å². The maximum atomic E-state index is 11.0. The molecule has 0 aliphatic rings. The van der Waals surface area contributed by atoms with Crippen molar-refractivity contribution < 1.29 is 24.3 Å². The highest BCUT2D eigenvalue weighted by molar-refractivity contribution is 5.92. The molecular formula is C12H15NO6. The summed E-state index contributed by atoms with van der Waals surface area (Å²) in [5, 5.41) is 19.8. The van der Waals surface area contributed by atoms with Gasteiger partial charge in [0.2, 0.25) is 5.75 Å². The van der Waals surface area contributed by atoms with E-state index in [1.165, 1.54) is 18.2 Å². The number of methoxy groups -OCH3 is 1. The first-order chi connectivity index (χ1) is 9.07. The maximum absolute atomic E-state index is 11.0. The van der Waals surface area contributed by atoms with Gasteiger partial charge in [0, 0.05) is 19.8 Å². The summed E-state index contributed by atoms with van der Waals surface area (Å²) in [5.74, 6) is -1.45. The molecule has 0 unspecified atom stereocenters. The second kappa shape index (κ2) is 7.32. The van der Waals surface area contributed by atoms with E-state index in [-0.39, 0.29) is 23.6 Å². The number of benzene rings is 1. The van der Waals surface area contributed by atoms with E-state index in [1.54, 1.807) is 7.11 Å². The Morgan fingerprint density at radius 3 is 2.63 bits per heavy atom. The number of nitrogens with zero attached hydrogens (tertiary/aromatic N) is 1. The number of carboxylic acids is 1. The predicted octanol–water partition coefficient (Wildman–Crippen LogP) is 2.10. The van der Waals surface area contributed by atoms with E-state index in [1.807, 2.05) is 0 Å². The van der Waals surface area contributed by atoms with E-state index in [2.05, 4.69) is 0 Å². The van der Waals surface area contributed by atoms with Crippen LogP contribution in [0.1, 0.15) is 23.2 Å². The van der Waals surface area contributed by atoms with Gasteiger partial charge in [0.15, 0.2) is 0 Å². The normalized spacial score (nSPS) is 10.2. The highest BCUT2D eigenvalue weighted by Gasteiger charge is 2.22. The van der Waals surface area contributed by atoms with Crippen LogP contribution in [0.2, 0.25) is 0 Å². The standard InChI is InChI=1S/C12H15NO6/c1-18-7-2-3-8-19-11-9(12(14)15)5-4-6-10(11)13(16)17/h4-6H,2-3,7-8H2,1H3,(H,14,15). The van der Waals surface area contributed by atoms with Crippen molar-refractivity contribution >= 4 is 11.7 Å². The van der Waals surface area contributed by atoms with Gasteiger partial charge in [-0.1, -0.05) is 6.07 Å². The fraction of sp³-hybridized carbons (Fsp3) is 0.417. The number of carbonyl (C=O) groups is 1. The highest BCUT2D eigenvalue weighted by Crippen LogP contribution is 2.31. The lowest BCUT2D eigenvalue weighted by Crippen LogP contribution is -2.07. The third-order valence-corrected chi connectivity index (χ3v) is 2.41. The van der Waals surface area contributed by atoms with Gasteiger partial charge in [-0.15, -0.1) is 0 Å². The second-order valence-corrected chi connectivity index (χ2v) is 3.76. The molecule has 7 heteroatoms. The molecule has 104 valence electrons. The third kappa shape index (κ3) is 4.22.